The Morgan fingerprint density at radius 3 is 2.67 bits per heavy atom. The van der Waals surface area contributed by atoms with Crippen LogP contribution in [0.3, 0.4) is 0 Å². The van der Waals surface area contributed by atoms with Crippen LogP contribution >= 0.6 is 23.4 Å². The molecule has 0 spiro atoms. The number of ether oxygens (including phenoxy) is 1. The third-order valence-corrected chi connectivity index (χ3v) is 6.57. The van der Waals surface area contributed by atoms with E-state index in [1.165, 1.54) is 11.8 Å². The molecule has 3 N–H and O–H groups in total. The fourth-order valence-electron chi connectivity index (χ4n) is 3.99. The second-order valence-electron chi connectivity index (χ2n) is 7.55. The molecular weight excluding hydrogens is 392 g/mol. The van der Waals surface area contributed by atoms with E-state index in [1.54, 1.807) is 13.2 Å². The summed E-state index contributed by atoms with van der Waals surface area (Å²) in [5, 5.41) is 22.6. The van der Waals surface area contributed by atoms with Crippen LogP contribution in [0.25, 0.3) is 0 Å². The van der Waals surface area contributed by atoms with Gasteiger partial charge in [-0.25, -0.2) is 0 Å². The van der Waals surface area contributed by atoms with Crippen LogP contribution in [0.4, 0.5) is 0 Å². The van der Waals surface area contributed by atoms with E-state index in [0.717, 1.165) is 25.8 Å². The SMILES string of the molecule is CCC[C@@H]1C[C@@H](C(=O)N[C@@H]([C@H]2O[C@H](SC)[C@H](O)C(=O)[C@H]2O)[C@H](C)Cl)N(C)C1. The van der Waals surface area contributed by atoms with Crippen molar-refractivity contribution in [2.24, 2.45) is 5.92 Å². The molecule has 0 radical (unpaired) electrons. The first kappa shape index (κ1) is 22.9. The van der Waals surface area contributed by atoms with Crippen molar-refractivity contribution in [1.82, 2.24) is 10.2 Å². The number of likely N-dealkylation sites (N-methyl/N-ethyl adjacent to an activating group) is 1. The molecule has 7 nitrogen and oxygen atoms in total. The van der Waals surface area contributed by atoms with Crippen LogP contribution in [0, 0.1) is 5.92 Å². The monoisotopic (exact) mass is 422 g/mol. The average molecular weight is 423 g/mol. The van der Waals surface area contributed by atoms with E-state index in [2.05, 4.69) is 12.2 Å². The molecule has 2 aliphatic rings. The van der Waals surface area contributed by atoms with Crippen molar-refractivity contribution in [3.05, 3.63) is 0 Å². The number of aliphatic hydroxyl groups is 2. The molecule has 0 aliphatic carbocycles. The highest BCUT2D eigenvalue weighted by Crippen LogP contribution is 2.29. The Kier molecular flexibility index (Phi) is 8.39. The Morgan fingerprint density at radius 2 is 2.11 bits per heavy atom. The highest BCUT2D eigenvalue weighted by Gasteiger charge is 2.48. The van der Waals surface area contributed by atoms with Crippen LogP contribution in [0.1, 0.15) is 33.1 Å². The van der Waals surface area contributed by atoms with Crippen LogP contribution in [0.5, 0.6) is 0 Å². The Morgan fingerprint density at radius 1 is 1.44 bits per heavy atom. The van der Waals surface area contributed by atoms with Crippen LogP contribution in [-0.4, -0.2) is 87.9 Å². The lowest BCUT2D eigenvalue weighted by atomic mass is 9.94. The van der Waals surface area contributed by atoms with Crippen molar-refractivity contribution in [2.45, 2.75) is 74.3 Å². The lowest BCUT2D eigenvalue weighted by Gasteiger charge is -2.40. The Balaban J connectivity index is 2.11. The molecule has 0 saturated carbocycles. The van der Waals surface area contributed by atoms with Gasteiger partial charge >= 0.3 is 0 Å². The number of alkyl halides is 1. The highest BCUT2D eigenvalue weighted by atomic mass is 35.5. The molecule has 2 heterocycles. The van der Waals surface area contributed by atoms with Crippen LogP contribution < -0.4 is 5.32 Å². The third-order valence-electron chi connectivity index (χ3n) is 5.47. The molecule has 156 valence electrons. The Hall–Kier alpha value is -0.380. The summed E-state index contributed by atoms with van der Waals surface area (Å²) in [5.74, 6) is -0.399. The zero-order valence-electron chi connectivity index (χ0n) is 16.3. The predicted octanol–water partition coefficient (Wildman–Crippen LogP) is 0.598. The minimum Gasteiger partial charge on any atom is -0.382 e. The van der Waals surface area contributed by atoms with Gasteiger partial charge in [-0.1, -0.05) is 13.3 Å². The van der Waals surface area contributed by atoms with Gasteiger partial charge in [0, 0.05) is 6.54 Å². The molecule has 27 heavy (non-hydrogen) atoms. The number of carbonyl (C=O) groups excluding carboxylic acids is 2. The summed E-state index contributed by atoms with van der Waals surface area (Å²) in [6.07, 6.45) is 0.696. The zero-order chi connectivity index (χ0) is 20.3. The molecule has 2 rings (SSSR count). The number of Topliss-reactive ketones (excluding diaryl/α,β-unsaturated/α-hetero) is 1. The van der Waals surface area contributed by atoms with Crippen LogP contribution in [-0.2, 0) is 14.3 Å². The fourth-order valence-corrected chi connectivity index (χ4v) is 4.83. The van der Waals surface area contributed by atoms with Crippen molar-refractivity contribution in [1.29, 1.82) is 0 Å². The molecule has 2 saturated heterocycles. The van der Waals surface area contributed by atoms with E-state index >= 15 is 0 Å². The number of carbonyl (C=O) groups is 2. The van der Waals surface area contributed by atoms with Gasteiger partial charge < -0.3 is 20.3 Å². The third kappa shape index (κ3) is 5.16. The van der Waals surface area contributed by atoms with E-state index in [-0.39, 0.29) is 11.9 Å². The molecule has 0 aromatic heterocycles. The summed E-state index contributed by atoms with van der Waals surface area (Å²) in [6, 6.07) is -1.02. The minimum atomic E-state index is -1.54. The number of nitrogens with zero attached hydrogens (tertiary/aromatic N) is 1. The maximum atomic E-state index is 12.9. The molecule has 0 aromatic rings. The molecular formula is C18H31ClN2O5S. The standard InChI is InChI=1S/C18H31ClN2O5S/c1-5-6-10-7-11(21(3)8-10)17(25)20-12(9(2)19)16-14(23)13(22)15(24)18(26-16)27-4/h9-12,14-16,18,23-24H,5-8H2,1-4H3,(H,20,25)/t9-,10+,11-,12+,14+,15+,16+,18+/m0/s1. The van der Waals surface area contributed by atoms with E-state index in [1.807, 2.05) is 11.9 Å². The Labute approximate surface area is 170 Å². The van der Waals surface area contributed by atoms with Gasteiger partial charge in [0.2, 0.25) is 5.91 Å². The van der Waals surface area contributed by atoms with E-state index in [9.17, 15) is 19.8 Å². The summed E-state index contributed by atoms with van der Waals surface area (Å²) in [5.41, 5.74) is -0.802. The molecule has 0 aromatic carbocycles. The number of hydrogen-bond donors (Lipinski definition) is 3. The second-order valence-corrected chi connectivity index (χ2v) is 9.18. The number of likely N-dealkylation sites (tertiary alicyclic amines) is 1. The first-order valence-corrected chi connectivity index (χ1v) is 11.2. The predicted molar refractivity (Wildman–Crippen MR) is 106 cm³/mol. The highest BCUT2D eigenvalue weighted by molar-refractivity contribution is 7.99. The van der Waals surface area contributed by atoms with Crippen LogP contribution in [0.2, 0.25) is 0 Å². The summed E-state index contributed by atoms with van der Waals surface area (Å²) in [4.78, 5) is 27.1. The summed E-state index contributed by atoms with van der Waals surface area (Å²) in [6.45, 7) is 4.69. The van der Waals surface area contributed by atoms with Crippen LogP contribution in [0.15, 0.2) is 0 Å². The number of amides is 1. The van der Waals surface area contributed by atoms with Gasteiger partial charge in [0.25, 0.3) is 0 Å². The van der Waals surface area contributed by atoms with Crippen molar-refractivity contribution in [2.75, 3.05) is 19.8 Å². The molecule has 0 bridgehead atoms. The van der Waals surface area contributed by atoms with Crippen molar-refractivity contribution in [3.63, 3.8) is 0 Å². The number of aliphatic hydroxyl groups excluding tert-OH is 2. The Bertz CT molecular complexity index is 538. The maximum Gasteiger partial charge on any atom is 0.237 e. The topological polar surface area (TPSA) is 99.1 Å². The van der Waals surface area contributed by atoms with Crippen molar-refractivity contribution < 1.29 is 24.5 Å². The minimum absolute atomic E-state index is 0.177. The smallest absolute Gasteiger partial charge is 0.237 e. The van der Waals surface area contributed by atoms with Gasteiger partial charge in [-0.05, 0) is 39.0 Å². The van der Waals surface area contributed by atoms with Gasteiger partial charge in [0.05, 0.1) is 17.5 Å². The van der Waals surface area contributed by atoms with Gasteiger partial charge in [-0.2, -0.15) is 0 Å². The number of halogens is 1. The number of thioether (sulfide) groups is 1. The lowest BCUT2D eigenvalue weighted by molar-refractivity contribution is -0.173. The average Bonchev–Trinajstić information content (AvgIpc) is 2.99. The molecule has 1 amide bonds. The largest absolute Gasteiger partial charge is 0.382 e. The van der Waals surface area contributed by atoms with Crippen molar-refractivity contribution in [3.8, 4) is 0 Å². The van der Waals surface area contributed by atoms with Gasteiger partial charge in [0.1, 0.15) is 17.6 Å². The van der Waals surface area contributed by atoms with Gasteiger partial charge in [-0.3, -0.25) is 14.5 Å². The van der Waals surface area contributed by atoms with Crippen molar-refractivity contribution >= 4 is 35.1 Å². The quantitative estimate of drug-likeness (QED) is 0.516. The summed E-state index contributed by atoms with van der Waals surface area (Å²) < 4.78 is 5.73. The molecule has 9 heteroatoms. The van der Waals surface area contributed by atoms with Gasteiger partial charge in [0.15, 0.2) is 11.9 Å². The number of rotatable bonds is 7. The normalized spacial score (nSPS) is 37.2. The first-order chi connectivity index (χ1) is 12.7. The molecule has 2 fully saturated rings. The molecule has 2 aliphatic heterocycles. The van der Waals surface area contributed by atoms with E-state index < -0.39 is 41.0 Å². The zero-order valence-corrected chi connectivity index (χ0v) is 17.9. The van der Waals surface area contributed by atoms with E-state index in [4.69, 9.17) is 16.3 Å². The molecule has 0 unspecified atom stereocenters. The lowest BCUT2D eigenvalue weighted by Crippen LogP contribution is -2.63. The summed E-state index contributed by atoms with van der Waals surface area (Å²) in [7, 11) is 1.93. The fraction of sp³-hybridized carbons (Fsp3) is 0.889. The molecule has 8 atom stereocenters. The summed E-state index contributed by atoms with van der Waals surface area (Å²) >= 11 is 7.46. The second kappa shape index (κ2) is 9.89. The number of hydrogen-bond acceptors (Lipinski definition) is 7. The maximum absolute atomic E-state index is 12.9. The first-order valence-electron chi connectivity index (χ1n) is 9.44. The van der Waals surface area contributed by atoms with E-state index in [0.29, 0.717) is 5.92 Å². The number of nitrogens with one attached hydrogen (secondary N) is 1. The van der Waals surface area contributed by atoms with Gasteiger partial charge in [-0.15, -0.1) is 23.4 Å². The number of ketones is 1.